The second kappa shape index (κ2) is 4.72. The minimum absolute atomic E-state index is 0.425. The van der Waals surface area contributed by atoms with Crippen LogP contribution in [0.5, 0.6) is 0 Å². The Hall–Kier alpha value is -1.37. The number of nitrogens with zero attached hydrogens (tertiary/aromatic N) is 1. The van der Waals surface area contributed by atoms with E-state index in [0.717, 1.165) is 5.69 Å². The Kier molecular flexibility index (Phi) is 3.07. The summed E-state index contributed by atoms with van der Waals surface area (Å²) in [7, 11) is 0. The van der Waals surface area contributed by atoms with Crippen LogP contribution in [0.4, 0.5) is 0 Å². The molecule has 0 amide bonds. The van der Waals surface area contributed by atoms with Gasteiger partial charge in [-0.1, -0.05) is 38.0 Å². The van der Waals surface area contributed by atoms with Crippen molar-refractivity contribution in [1.82, 2.24) is 4.98 Å². The lowest BCUT2D eigenvalue weighted by Crippen LogP contribution is -1.90. The minimum atomic E-state index is 0.425. The van der Waals surface area contributed by atoms with Crippen molar-refractivity contribution >= 4 is 5.57 Å². The molecule has 0 radical (unpaired) electrons. The Morgan fingerprint density at radius 3 is 2.72 bits per heavy atom. The summed E-state index contributed by atoms with van der Waals surface area (Å²) in [4.78, 5) is 4.52. The molecule has 1 aromatic heterocycles. The van der Waals surface area contributed by atoms with Crippen LogP contribution in [0.25, 0.3) is 5.57 Å². The van der Waals surface area contributed by atoms with Gasteiger partial charge in [0.2, 0.25) is 0 Å². The number of hydrogen-bond acceptors (Lipinski definition) is 1. The van der Waals surface area contributed by atoms with E-state index in [9.17, 15) is 0 Å². The molecule has 0 aromatic carbocycles. The van der Waals surface area contributed by atoms with Crippen LogP contribution in [0.15, 0.2) is 42.1 Å². The molecule has 0 aliphatic heterocycles. The van der Waals surface area contributed by atoms with Gasteiger partial charge in [-0.25, -0.2) is 0 Å². The van der Waals surface area contributed by atoms with E-state index in [-0.39, 0.29) is 0 Å². The molecule has 94 valence electrons. The number of unbranched alkanes of at least 4 members (excludes halogenated alkanes) is 2. The number of allylic oxidation sites excluding steroid dienone is 4. The highest BCUT2D eigenvalue weighted by Gasteiger charge is 2.42. The summed E-state index contributed by atoms with van der Waals surface area (Å²) < 4.78 is 0. The van der Waals surface area contributed by atoms with Gasteiger partial charge in [0.15, 0.2) is 0 Å². The summed E-state index contributed by atoms with van der Waals surface area (Å²) >= 11 is 0. The summed E-state index contributed by atoms with van der Waals surface area (Å²) in [5.74, 6) is 0. The number of pyridine rings is 1. The van der Waals surface area contributed by atoms with Crippen LogP contribution >= 0.6 is 0 Å². The highest BCUT2D eigenvalue weighted by atomic mass is 14.7. The number of aromatic nitrogens is 1. The van der Waals surface area contributed by atoms with Gasteiger partial charge in [0.1, 0.15) is 0 Å². The van der Waals surface area contributed by atoms with Gasteiger partial charge in [0.05, 0.1) is 5.69 Å². The van der Waals surface area contributed by atoms with Crippen molar-refractivity contribution in [2.24, 2.45) is 5.41 Å². The first-order valence-corrected chi connectivity index (χ1v) is 7.19. The Labute approximate surface area is 110 Å². The zero-order valence-corrected chi connectivity index (χ0v) is 11.2. The SMILES string of the molecule is CCCCCC1=CC2(C=C1c1ccccn1)CC2. The third-order valence-corrected chi connectivity index (χ3v) is 4.06. The van der Waals surface area contributed by atoms with Crippen molar-refractivity contribution in [3.63, 3.8) is 0 Å². The maximum Gasteiger partial charge on any atom is 0.0701 e. The third-order valence-electron chi connectivity index (χ3n) is 4.06. The van der Waals surface area contributed by atoms with Crippen LogP contribution in [0.3, 0.4) is 0 Å². The molecule has 2 aliphatic carbocycles. The van der Waals surface area contributed by atoms with E-state index in [0.29, 0.717) is 5.41 Å². The van der Waals surface area contributed by atoms with Gasteiger partial charge in [-0.05, 0) is 49.0 Å². The summed E-state index contributed by atoms with van der Waals surface area (Å²) in [6.45, 7) is 2.26. The highest BCUT2D eigenvalue weighted by molar-refractivity contribution is 5.81. The second-order valence-corrected chi connectivity index (χ2v) is 5.63. The fourth-order valence-corrected chi connectivity index (χ4v) is 2.81. The molecule has 1 fully saturated rings. The lowest BCUT2D eigenvalue weighted by atomic mass is 10.00. The van der Waals surface area contributed by atoms with Crippen molar-refractivity contribution in [2.75, 3.05) is 0 Å². The van der Waals surface area contributed by atoms with Crippen molar-refractivity contribution in [3.05, 3.63) is 47.8 Å². The van der Waals surface area contributed by atoms with Crippen molar-refractivity contribution in [1.29, 1.82) is 0 Å². The molecule has 1 spiro atoms. The molecular weight excluding hydrogens is 218 g/mol. The largest absolute Gasteiger partial charge is 0.256 e. The molecule has 1 aromatic rings. The van der Waals surface area contributed by atoms with Gasteiger partial charge in [0, 0.05) is 11.6 Å². The van der Waals surface area contributed by atoms with Gasteiger partial charge >= 0.3 is 0 Å². The average Bonchev–Trinajstić information content (AvgIpc) is 3.05. The molecule has 0 saturated heterocycles. The molecule has 18 heavy (non-hydrogen) atoms. The Balaban J connectivity index is 1.81. The Morgan fingerprint density at radius 1 is 1.17 bits per heavy atom. The van der Waals surface area contributed by atoms with Crippen LogP contribution in [-0.4, -0.2) is 4.98 Å². The van der Waals surface area contributed by atoms with E-state index in [2.05, 4.69) is 36.2 Å². The van der Waals surface area contributed by atoms with Crippen LogP contribution in [0.2, 0.25) is 0 Å². The molecular formula is C17H21N. The molecule has 1 heteroatoms. The maximum atomic E-state index is 4.52. The zero-order valence-electron chi connectivity index (χ0n) is 11.2. The molecule has 1 heterocycles. The third kappa shape index (κ3) is 2.27. The maximum absolute atomic E-state index is 4.52. The predicted octanol–water partition coefficient (Wildman–Crippen LogP) is 4.77. The monoisotopic (exact) mass is 239 g/mol. The molecule has 0 atom stereocenters. The van der Waals surface area contributed by atoms with Gasteiger partial charge in [0.25, 0.3) is 0 Å². The van der Waals surface area contributed by atoms with E-state index in [1.807, 2.05) is 12.3 Å². The topological polar surface area (TPSA) is 12.9 Å². The fourth-order valence-electron chi connectivity index (χ4n) is 2.81. The van der Waals surface area contributed by atoms with Gasteiger partial charge in [-0.15, -0.1) is 0 Å². The molecule has 0 N–H and O–H groups in total. The molecule has 2 aliphatic rings. The van der Waals surface area contributed by atoms with E-state index in [4.69, 9.17) is 0 Å². The van der Waals surface area contributed by atoms with E-state index in [1.165, 1.54) is 44.1 Å². The van der Waals surface area contributed by atoms with Crippen LogP contribution < -0.4 is 0 Å². The summed E-state index contributed by atoms with van der Waals surface area (Å²) in [6, 6.07) is 6.22. The standard InChI is InChI=1S/C17H21N/c1-2-3-4-7-14-12-17(9-10-17)13-15(14)16-8-5-6-11-18-16/h5-6,8,11-13H,2-4,7,9-10H2,1H3. The number of hydrogen-bond donors (Lipinski definition) is 0. The summed E-state index contributed by atoms with van der Waals surface area (Å²) in [5, 5.41) is 0. The summed E-state index contributed by atoms with van der Waals surface area (Å²) in [5.41, 5.74) is 4.53. The van der Waals surface area contributed by atoms with Crippen molar-refractivity contribution in [2.45, 2.75) is 45.4 Å². The first-order chi connectivity index (χ1) is 8.83. The van der Waals surface area contributed by atoms with Crippen molar-refractivity contribution in [3.8, 4) is 0 Å². The van der Waals surface area contributed by atoms with E-state index < -0.39 is 0 Å². The normalized spacial score (nSPS) is 19.8. The lowest BCUT2D eigenvalue weighted by molar-refractivity contribution is 0.718. The summed E-state index contributed by atoms with van der Waals surface area (Å²) in [6.07, 6.45) is 14.7. The highest BCUT2D eigenvalue weighted by Crippen LogP contribution is 2.56. The van der Waals surface area contributed by atoms with Gasteiger partial charge in [-0.3, -0.25) is 4.98 Å². The van der Waals surface area contributed by atoms with Crippen molar-refractivity contribution < 1.29 is 0 Å². The van der Waals surface area contributed by atoms with E-state index >= 15 is 0 Å². The first kappa shape index (κ1) is 11.7. The quantitative estimate of drug-likeness (QED) is 0.675. The van der Waals surface area contributed by atoms with E-state index in [1.54, 1.807) is 5.57 Å². The Bertz CT molecular complexity index is 478. The predicted molar refractivity (Wildman–Crippen MR) is 76.1 cm³/mol. The molecule has 0 bridgehead atoms. The Morgan fingerprint density at radius 2 is 2.06 bits per heavy atom. The zero-order chi connectivity index (χ0) is 12.4. The molecule has 1 saturated carbocycles. The minimum Gasteiger partial charge on any atom is -0.256 e. The molecule has 1 nitrogen and oxygen atoms in total. The smallest absolute Gasteiger partial charge is 0.0701 e. The van der Waals surface area contributed by atoms with Gasteiger partial charge < -0.3 is 0 Å². The number of rotatable bonds is 5. The average molecular weight is 239 g/mol. The van der Waals surface area contributed by atoms with Crippen LogP contribution in [-0.2, 0) is 0 Å². The molecule has 3 rings (SSSR count). The second-order valence-electron chi connectivity index (χ2n) is 5.63. The molecule has 0 unspecified atom stereocenters. The van der Waals surface area contributed by atoms with Crippen LogP contribution in [0, 0.1) is 5.41 Å². The fraction of sp³-hybridized carbons (Fsp3) is 0.471. The van der Waals surface area contributed by atoms with Gasteiger partial charge in [-0.2, -0.15) is 0 Å². The lowest BCUT2D eigenvalue weighted by Gasteiger charge is -2.07. The first-order valence-electron chi connectivity index (χ1n) is 7.19. The van der Waals surface area contributed by atoms with Crippen LogP contribution in [0.1, 0.15) is 51.1 Å².